The highest BCUT2D eigenvalue weighted by Gasteiger charge is 2.11. The molecule has 0 aliphatic heterocycles. The molecule has 22 heavy (non-hydrogen) atoms. The molecule has 0 radical (unpaired) electrons. The second kappa shape index (κ2) is 6.62. The number of nitro groups is 1. The maximum atomic E-state index is 12.0. The fraction of sp³-hybridized carbons (Fsp3) is 0.125. The number of nitro benzene ring substituents is 1. The minimum absolute atomic E-state index is 0.0221. The van der Waals surface area contributed by atoms with Crippen LogP contribution in [0.15, 0.2) is 48.5 Å². The minimum Gasteiger partial charge on any atom is -0.325 e. The molecular weight excluding hydrogens is 284 g/mol. The van der Waals surface area contributed by atoms with Crippen LogP contribution in [0.3, 0.4) is 0 Å². The van der Waals surface area contributed by atoms with Crippen LogP contribution in [0.2, 0.25) is 0 Å². The zero-order valence-electron chi connectivity index (χ0n) is 11.9. The Balaban J connectivity index is 2.07. The van der Waals surface area contributed by atoms with Gasteiger partial charge in [-0.05, 0) is 24.6 Å². The molecule has 0 atom stereocenters. The second-order valence-electron chi connectivity index (χ2n) is 4.75. The number of non-ortho nitro benzene ring substituents is 1. The van der Waals surface area contributed by atoms with E-state index in [1.807, 2.05) is 0 Å². The molecule has 0 unspecified atom stereocenters. The number of para-hydroxylation sites is 1. The number of nitrogens with zero attached hydrogens (tertiary/aromatic N) is 1. The van der Waals surface area contributed by atoms with Gasteiger partial charge >= 0.3 is 0 Å². The van der Waals surface area contributed by atoms with E-state index in [9.17, 15) is 19.7 Å². The van der Waals surface area contributed by atoms with Crippen LogP contribution in [0.25, 0.3) is 0 Å². The van der Waals surface area contributed by atoms with Crippen LogP contribution in [0.5, 0.6) is 0 Å². The first kappa shape index (κ1) is 15.4. The summed E-state index contributed by atoms with van der Waals surface area (Å²) >= 11 is 0. The predicted molar refractivity (Wildman–Crippen MR) is 81.9 cm³/mol. The van der Waals surface area contributed by atoms with Crippen molar-refractivity contribution in [2.75, 3.05) is 5.32 Å². The van der Waals surface area contributed by atoms with Gasteiger partial charge in [0, 0.05) is 17.7 Å². The van der Waals surface area contributed by atoms with E-state index in [1.54, 1.807) is 24.3 Å². The van der Waals surface area contributed by atoms with Crippen molar-refractivity contribution in [3.05, 3.63) is 69.8 Å². The Morgan fingerprint density at radius 3 is 2.32 bits per heavy atom. The predicted octanol–water partition coefficient (Wildman–Crippen LogP) is 2.98. The quantitative estimate of drug-likeness (QED) is 0.522. The topological polar surface area (TPSA) is 89.3 Å². The Kier molecular flexibility index (Phi) is 4.63. The van der Waals surface area contributed by atoms with Gasteiger partial charge in [-0.3, -0.25) is 19.7 Å². The molecule has 0 fully saturated rings. The van der Waals surface area contributed by atoms with Crippen molar-refractivity contribution in [3.8, 4) is 0 Å². The summed E-state index contributed by atoms with van der Waals surface area (Å²) in [6.45, 7) is 1.43. The summed E-state index contributed by atoms with van der Waals surface area (Å²) in [6.07, 6.45) is 0.0736. The van der Waals surface area contributed by atoms with E-state index in [1.165, 1.54) is 31.2 Å². The second-order valence-corrected chi connectivity index (χ2v) is 4.75. The fourth-order valence-electron chi connectivity index (χ4n) is 2.01. The number of anilines is 1. The number of ketones is 1. The molecule has 2 aromatic rings. The number of benzene rings is 2. The molecule has 0 spiro atoms. The van der Waals surface area contributed by atoms with Gasteiger partial charge in [0.2, 0.25) is 5.91 Å². The number of rotatable bonds is 5. The highest BCUT2D eigenvalue weighted by molar-refractivity contribution is 6.04. The molecule has 6 heteroatoms. The molecule has 2 rings (SSSR count). The van der Waals surface area contributed by atoms with E-state index in [0.29, 0.717) is 16.8 Å². The van der Waals surface area contributed by atoms with Gasteiger partial charge in [0.15, 0.2) is 5.78 Å². The molecule has 0 saturated heterocycles. The average Bonchev–Trinajstić information content (AvgIpc) is 2.48. The van der Waals surface area contributed by atoms with Crippen LogP contribution in [0, 0.1) is 10.1 Å². The highest BCUT2D eigenvalue weighted by Crippen LogP contribution is 2.17. The molecule has 0 aliphatic rings. The van der Waals surface area contributed by atoms with E-state index < -0.39 is 4.92 Å². The highest BCUT2D eigenvalue weighted by atomic mass is 16.6. The summed E-state index contributed by atoms with van der Waals surface area (Å²) in [6, 6.07) is 12.5. The standard InChI is InChI=1S/C16H14N2O4/c1-11(19)14-4-2-3-5-15(14)17-16(20)10-12-6-8-13(9-7-12)18(21)22/h2-9H,10H2,1H3,(H,17,20). The van der Waals surface area contributed by atoms with Crippen molar-refractivity contribution in [2.24, 2.45) is 0 Å². The van der Waals surface area contributed by atoms with Crippen molar-refractivity contribution in [3.63, 3.8) is 0 Å². The lowest BCUT2D eigenvalue weighted by atomic mass is 10.1. The SMILES string of the molecule is CC(=O)c1ccccc1NC(=O)Cc1ccc([N+](=O)[O-])cc1. The number of carbonyl (C=O) groups excluding carboxylic acids is 2. The van der Waals surface area contributed by atoms with Crippen molar-refractivity contribution in [1.29, 1.82) is 0 Å². The largest absolute Gasteiger partial charge is 0.325 e. The molecule has 0 heterocycles. The Bertz CT molecular complexity index is 723. The van der Waals surface area contributed by atoms with Crippen LogP contribution >= 0.6 is 0 Å². The molecule has 112 valence electrons. The van der Waals surface area contributed by atoms with E-state index in [2.05, 4.69) is 5.32 Å². The monoisotopic (exact) mass is 298 g/mol. The normalized spacial score (nSPS) is 10.0. The number of hydrogen-bond donors (Lipinski definition) is 1. The third-order valence-electron chi connectivity index (χ3n) is 3.09. The van der Waals surface area contributed by atoms with Gasteiger partial charge in [-0.15, -0.1) is 0 Å². The molecule has 0 aliphatic carbocycles. The first-order valence-corrected chi connectivity index (χ1v) is 6.60. The average molecular weight is 298 g/mol. The summed E-state index contributed by atoms with van der Waals surface area (Å²) in [5.74, 6) is -0.422. The Morgan fingerprint density at radius 1 is 1.09 bits per heavy atom. The van der Waals surface area contributed by atoms with Crippen molar-refractivity contribution < 1.29 is 14.5 Å². The summed E-state index contributed by atoms with van der Waals surface area (Å²) in [4.78, 5) is 33.6. The zero-order valence-corrected chi connectivity index (χ0v) is 11.9. The molecule has 0 aromatic heterocycles. The summed E-state index contributed by atoms with van der Waals surface area (Å²) < 4.78 is 0. The van der Waals surface area contributed by atoms with Gasteiger partial charge in [0.05, 0.1) is 17.0 Å². The molecule has 0 saturated carbocycles. The fourth-order valence-corrected chi connectivity index (χ4v) is 2.01. The molecular formula is C16H14N2O4. The Hall–Kier alpha value is -3.02. The smallest absolute Gasteiger partial charge is 0.269 e. The number of amides is 1. The number of carbonyl (C=O) groups is 2. The van der Waals surface area contributed by atoms with Crippen LogP contribution in [-0.2, 0) is 11.2 Å². The van der Waals surface area contributed by atoms with Crippen molar-refractivity contribution in [1.82, 2.24) is 0 Å². The number of nitrogens with one attached hydrogen (secondary N) is 1. The zero-order chi connectivity index (χ0) is 16.1. The molecule has 1 amide bonds. The third-order valence-corrected chi connectivity index (χ3v) is 3.09. The van der Waals surface area contributed by atoms with E-state index in [-0.39, 0.29) is 23.8 Å². The minimum atomic E-state index is -0.493. The van der Waals surface area contributed by atoms with E-state index in [4.69, 9.17) is 0 Å². The van der Waals surface area contributed by atoms with E-state index >= 15 is 0 Å². The summed E-state index contributed by atoms with van der Waals surface area (Å²) in [5, 5.41) is 13.3. The number of hydrogen-bond acceptors (Lipinski definition) is 4. The maximum absolute atomic E-state index is 12.0. The Labute approximate surface area is 126 Å². The molecule has 0 bridgehead atoms. The first-order chi connectivity index (χ1) is 10.5. The first-order valence-electron chi connectivity index (χ1n) is 6.60. The van der Waals surface area contributed by atoms with Crippen LogP contribution < -0.4 is 5.32 Å². The lowest BCUT2D eigenvalue weighted by Gasteiger charge is -2.09. The lowest BCUT2D eigenvalue weighted by Crippen LogP contribution is -2.16. The van der Waals surface area contributed by atoms with Crippen molar-refractivity contribution in [2.45, 2.75) is 13.3 Å². The van der Waals surface area contributed by atoms with Gasteiger partial charge in [0.25, 0.3) is 5.69 Å². The maximum Gasteiger partial charge on any atom is 0.269 e. The van der Waals surface area contributed by atoms with Gasteiger partial charge < -0.3 is 5.32 Å². The van der Waals surface area contributed by atoms with Gasteiger partial charge in [-0.2, -0.15) is 0 Å². The number of Topliss-reactive ketones (excluding diaryl/α,β-unsaturated/α-hetero) is 1. The van der Waals surface area contributed by atoms with Gasteiger partial charge in [-0.1, -0.05) is 24.3 Å². The van der Waals surface area contributed by atoms with E-state index in [0.717, 1.165) is 0 Å². The van der Waals surface area contributed by atoms with Crippen LogP contribution in [0.1, 0.15) is 22.8 Å². The summed E-state index contributed by atoms with van der Waals surface area (Å²) in [5.41, 5.74) is 1.54. The lowest BCUT2D eigenvalue weighted by molar-refractivity contribution is -0.384. The molecule has 2 aromatic carbocycles. The van der Waals surface area contributed by atoms with Gasteiger partial charge in [0.1, 0.15) is 0 Å². The summed E-state index contributed by atoms with van der Waals surface area (Å²) in [7, 11) is 0. The van der Waals surface area contributed by atoms with Gasteiger partial charge in [-0.25, -0.2) is 0 Å². The van der Waals surface area contributed by atoms with Crippen molar-refractivity contribution >= 4 is 23.1 Å². The van der Waals surface area contributed by atoms with Crippen LogP contribution in [-0.4, -0.2) is 16.6 Å². The molecule has 6 nitrogen and oxygen atoms in total. The third kappa shape index (κ3) is 3.76. The molecule has 1 N–H and O–H groups in total. The van der Waals surface area contributed by atoms with Crippen LogP contribution in [0.4, 0.5) is 11.4 Å². The Morgan fingerprint density at radius 2 is 1.73 bits per heavy atom.